The zero-order chi connectivity index (χ0) is 11.7. The van der Waals surface area contributed by atoms with Gasteiger partial charge in [-0.05, 0) is 77.8 Å². The summed E-state index contributed by atoms with van der Waals surface area (Å²) in [5.41, 5.74) is 0. The normalized spacial score (nSPS) is 43.8. The van der Waals surface area contributed by atoms with Gasteiger partial charge in [-0.15, -0.1) is 11.3 Å². The molecule has 17 heavy (non-hydrogen) atoms. The highest BCUT2D eigenvalue weighted by Crippen LogP contribution is 2.73. The molecule has 0 saturated heterocycles. The molecule has 0 spiro atoms. The minimum atomic E-state index is 0.621. The lowest BCUT2D eigenvalue weighted by molar-refractivity contribution is 0.456. The highest BCUT2D eigenvalue weighted by Gasteiger charge is 2.66. The fraction of sp³-hybridized carbons (Fsp3) is 0.714. The average molecular weight is 376 g/mol. The van der Waals surface area contributed by atoms with Gasteiger partial charge in [-0.1, -0.05) is 15.9 Å². The molecular weight excluding hydrogens is 360 g/mol. The molecular formula is C14H16Br2S. The molecule has 3 aliphatic carbocycles. The fourth-order valence-electron chi connectivity index (χ4n) is 4.59. The fourth-order valence-corrected chi connectivity index (χ4v) is 7.31. The summed E-state index contributed by atoms with van der Waals surface area (Å²) in [5.74, 6) is 5.25. The van der Waals surface area contributed by atoms with Gasteiger partial charge in [0, 0.05) is 14.2 Å². The largest absolute Gasteiger partial charge is 0.143 e. The van der Waals surface area contributed by atoms with Crippen molar-refractivity contribution in [3.8, 4) is 0 Å². The van der Waals surface area contributed by atoms with Crippen LogP contribution in [0.15, 0.2) is 10.5 Å². The second-order valence-electron chi connectivity index (χ2n) is 6.02. The van der Waals surface area contributed by atoms with Crippen molar-refractivity contribution in [1.82, 2.24) is 0 Å². The molecule has 0 amide bonds. The van der Waals surface area contributed by atoms with Gasteiger partial charge in [0.05, 0.1) is 4.83 Å². The second-order valence-corrected chi connectivity index (χ2v) is 9.15. The van der Waals surface area contributed by atoms with Crippen LogP contribution in [-0.2, 0) is 0 Å². The molecule has 4 rings (SSSR count). The number of rotatable bonds is 2. The zero-order valence-electron chi connectivity index (χ0n) is 9.83. The van der Waals surface area contributed by atoms with Crippen molar-refractivity contribution in [1.29, 1.82) is 0 Å². The molecule has 1 aromatic heterocycles. The molecule has 0 nitrogen and oxygen atoms in total. The average Bonchev–Trinajstić information content (AvgIpc) is 2.60. The monoisotopic (exact) mass is 374 g/mol. The third-order valence-corrected chi connectivity index (χ3v) is 8.91. The maximum atomic E-state index is 3.99. The number of thiophene rings is 1. The topological polar surface area (TPSA) is 0 Å². The van der Waals surface area contributed by atoms with Crippen LogP contribution >= 0.6 is 43.2 Å². The maximum absolute atomic E-state index is 3.99. The number of halogens is 2. The number of hydrogen-bond acceptors (Lipinski definition) is 1. The van der Waals surface area contributed by atoms with Gasteiger partial charge in [-0.3, -0.25) is 0 Å². The van der Waals surface area contributed by atoms with Crippen molar-refractivity contribution in [2.45, 2.75) is 31.0 Å². The Hall–Kier alpha value is 0.660. The predicted octanol–water partition coefficient (Wildman–Crippen LogP) is 5.55. The van der Waals surface area contributed by atoms with Crippen LogP contribution in [0.4, 0.5) is 0 Å². The molecule has 1 aromatic rings. The third-order valence-electron chi connectivity index (χ3n) is 5.28. The number of hydrogen-bond donors (Lipinski definition) is 0. The standard InChI is InChI=1S/C14H16Br2S/c1-6-9(15)5-10(17-6)14(16)13-11-7-2-3-8(4-7)12(11)13/h5,7-8,11-14H,2-4H2,1H3. The summed E-state index contributed by atoms with van der Waals surface area (Å²) in [7, 11) is 0. The van der Waals surface area contributed by atoms with Gasteiger partial charge >= 0.3 is 0 Å². The van der Waals surface area contributed by atoms with Crippen LogP contribution in [0.1, 0.15) is 33.8 Å². The van der Waals surface area contributed by atoms with Crippen molar-refractivity contribution >= 4 is 43.2 Å². The molecule has 0 radical (unpaired) electrons. The first kappa shape index (κ1) is 11.5. The second kappa shape index (κ2) is 3.83. The van der Waals surface area contributed by atoms with E-state index in [9.17, 15) is 0 Å². The van der Waals surface area contributed by atoms with E-state index in [-0.39, 0.29) is 0 Å². The Kier molecular flexibility index (Phi) is 2.59. The van der Waals surface area contributed by atoms with E-state index in [1.165, 1.54) is 27.1 Å². The van der Waals surface area contributed by atoms with E-state index in [1.807, 2.05) is 11.3 Å². The van der Waals surface area contributed by atoms with Crippen LogP contribution in [0.5, 0.6) is 0 Å². The lowest BCUT2D eigenvalue weighted by atomic mass is 10.00. The van der Waals surface area contributed by atoms with Crippen LogP contribution in [0.3, 0.4) is 0 Å². The molecule has 5 atom stereocenters. The van der Waals surface area contributed by atoms with Gasteiger partial charge in [-0.25, -0.2) is 0 Å². The lowest BCUT2D eigenvalue weighted by Crippen LogP contribution is -2.02. The summed E-state index contributed by atoms with van der Waals surface area (Å²) in [6, 6.07) is 2.33. The van der Waals surface area contributed by atoms with Gasteiger partial charge in [0.2, 0.25) is 0 Å². The molecule has 3 heteroatoms. The van der Waals surface area contributed by atoms with Crippen molar-refractivity contribution in [3.05, 3.63) is 20.3 Å². The molecule has 0 aromatic carbocycles. The Balaban J connectivity index is 1.57. The van der Waals surface area contributed by atoms with Gasteiger partial charge in [0.25, 0.3) is 0 Å². The first-order chi connectivity index (χ1) is 8.16. The SMILES string of the molecule is Cc1sc(C(Br)C2C3C4CCC(C4)C32)cc1Br. The van der Waals surface area contributed by atoms with Gasteiger partial charge in [-0.2, -0.15) is 0 Å². The molecule has 92 valence electrons. The van der Waals surface area contributed by atoms with E-state index in [0.717, 1.165) is 29.6 Å². The van der Waals surface area contributed by atoms with E-state index in [1.54, 1.807) is 6.42 Å². The van der Waals surface area contributed by atoms with Crippen LogP contribution in [-0.4, -0.2) is 0 Å². The Bertz CT molecular complexity index is 431. The number of aryl methyl sites for hydroxylation is 1. The predicted molar refractivity (Wildman–Crippen MR) is 79.7 cm³/mol. The van der Waals surface area contributed by atoms with Crippen LogP contribution in [0.25, 0.3) is 0 Å². The summed E-state index contributed by atoms with van der Waals surface area (Å²) in [6.45, 7) is 2.20. The number of fused-ring (bicyclic) bond motifs is 5. The summed E-state index contributed by atoms with van der Waals surface area (Å²) in [4.78, 5) is 3.57. The van der Waals surface area contributed by atoms with Gasteiger partial charge in [0.15, 0.2) is 0 Å². The Labute approximate surface area is 123 Å². The molecule has 0 N–H and O–H groups in total. The molecule has 3 saturated carbocycles. The number of alkyl halides is 1. The summed E-state index contributed by atoms with van der Waals surface area (Å²) < 4.78 is 1.29. The Morgan fingerprint density at radius 2 is 1.94 bits per heavy atom. The molecule has 3 aliphatic rings. The third kappa shape index (κ3) is 1.58. The van der Waals surface area contributed by atoms with E-state index in [4.69, 9.17) is 0 Å². The van der Waals surface area contributed by atoms with Crippen molar-refractivity contribution < 1.29 is 0 Å². The smallest absolute Gasteiger partial charge is 0.0523 e. The minimum absolute atomic E-state index is 0.621. The van der Waals surface area contributed by atoms with E-state index >= 15 is 0 Å². The van der Waals surface area contributed by atoms with Crippen molar-refractivity contribution in [2.24, 2.45) is 29.6 Å². The summed E-state index contributed by atoms with van der Waals surface area (Å²) in [5, 5.41) is 0. The highest BCUT2D eigenvalue weighted by molar-refractivity contribution is 9.10. The first-order valence-corrected chi connectivity index (χ1v) is 9.09. The minimum Gasteiger partial charge on any atom is -0.143 e. The summed E-state index contributed by atoms with van der Waals surface area (Å²) in [6.07, 6.45) is 4.60. The van der Waals surface area contributed by atoms with Gasteiger partial charge < -0.3 is 0 Å². The highest BCUT2D eigenvalue weighted by atomic mass is 79.9. The molecule has 2 bridgehead atoms. The molecule has 1 heterocycles. The van der Waals surface area contributed by atoms with E-state index < -0.39 is 0 Å². The molecule has 3 fully saturated rings. The van der Waals surface area contributed by atoms with Gasteiger partial charge in [0.1, 0.15) is 0 Å². The Morgan fingerprint density at radius 3 is 2.47 bits per heavy atom. The van der Waals surface area contributed by atoms with Crippen molar-refractivity contribution in [2.75, 3.05) is 0 Å². The van der Waals surface area contributed by atoms with Crippen LogP contribution < -0.4 is 0 Å². The first-order valence-electron chi connectivity index (χ1n) is 6.56. The van der Waals surface area contributed by atoms with Crippen LogP contribution in [0.2, 0.25) is 0 Å². The quantitative estimate of drug-likeness (QED) is 0.594. The van der Waals surface area contributed by atoms with Crippen LogP contribution in [0, 0.1) is 36.5 Å². The Morgan fingerprint density at radius 1 is 1.29 bits per heavy atom. The lowest BCUT2D eigenvalue weighted by Gasteiger charge is -2.13. The van der Waals surface area contributed by atoms with E-state index in [2.05, 4.69) is 44.8 Å². The maximum Gasteiger partial charge on any atom is 0.0523 e. The molecule has 0 aliphatic heterocycles. The van der Waals surface area contributed by atoms with E-state index in [0.29, 0.717) is 4.83 Å². The summed E-state index contributed by atoms with van der Waals surface area (Å²) >= 11 is 9.59. The zero-order valence-corrected chi connectivity index (χ0v) is 13.8. The molecule has 5 unspecified atom stereocenters. The van der Waals surface area contributed by atoms with Crippen molar-refractivity contribution in [3.63, 3.8) is 0 Å².